The Balaban J connectivity index is 1.29. The monoisotopic (exact) mass is 400 g/mol. The number of aliphatic imine (C=N–C) groups is 1. The van der Waals surface area contributed by atoms with Crippen LogP contribution in [-0.4, -0.2) is 57.4 Å². The highest BCUT2D eigenvalue weighted by molar-refractivity contribution is 5.79. The first-order valence-electron chi connectivity index (χ1n) is 10.3. The molecule has 2 heterocycles. The summed E-state index contributed by atoms with van der Waals surface area (Å²) in [6.07, 6.45) is 2.56. The van der Waals surface area contributed by atoms with Crippen LogP contribution in [0.2, 0.25) is 0 Å². The van der Waals surface area contributed by atoms with Gasteiger partial charge in [0.15, 0.2) is 5.96 Å². The molecule has 1 aromatic heterocycles. The fourth-order valence-electron chi connectivity index (χ4n) is 3.13. The predicted molar refractivity (Wildman–Crippen MR) is 114 cm³/mol. The minimum absolute atomic E-state index is 0.515. The zero-order chi connectivity index (χ0) is 20.2. The van der Waals surface area contributed by atoms with Crippen molar-refractivity contribution < 1.29 is 13.9 Å². The lowest BCUT2D eigenvalue weighted by Crippen LogP contribution is -2.37. The molecule has 7 nitrogen and oxygen atoms in total. The number of ether oxygens (including phenoxy) is 2. The highest BCUT2D eigenvalue weighted by atomic mass is 16.5. The van der Waals surface area contributed by atoms with Gasteiger partial charge in [-0.1, -0.05) is 24.3 Å². The first-order chi connectivity index (χ1) is 14.3. The molecule has 158 valence electrons. The van der Waals surface area contributed by atoms with Gasteiger partial charge in [0, 0.05) is 46.4 Å². The van der Waals surface area contributed by atoms with Crippen molar-refractivity contribution in [2.24, 2.45) is 4.99 Å². The van der Waals surface area contributed by atoms with Crippen molar-refractivity contribution in [3.63, 3.8) is 0 Å². The number of hydrogen-bond acceptors (Lipinski definition) is 5. The van der Waals surface area contributed by atoms with Crippen molar-refractivity contribution in [2.75, 3.05) is 46.5 Å². The van der Waals surface area contributed by atoms with Crippen molar-refractivity contribution in [3.05, 3.63) is 59.5 Å². The Labute approximate surface area is 173 Å². The van der Waals surface area contributed by atoms with Crippen molar-refractivity contribution in [2.45, 2.75) is 26.1 Å². The highest BCUT2D eigenvalue weighted by Crippen LogP contribution is 2.09. The second-order valence-electron chi connectivity index (χ2n) is 7.04. The average Bonchev–Trinajstić information content (AvgIpc) is 3.28. The molecule has 7 heteroatoms. The summed E-state index contributed by atoms with van der Waals surface area (Å²) >= 11 is 0. The van der Waals surface area contributed by atoms with E-state index in [2.05, 4.69) is 44.8 Å². The Morgan fingerprint density at radius 2 is 1.90 bits per heavy atom. The van der Waals surface area contributed by atoms with E-state index in [1.54, 1.807) is 13.3 Å². The van der Waals surface area contributed by atoms with Gasteiger partial charge in [-0.15, -0.1) is 0 Å². The van der Waals surface area contributed by atoms with Crippen LogP contribution in [0.1, 0.15) is 23.3 Å². The largest absolute Gasteiger partial charge is 0.467 e. The molecule has 0 atom stereocenters. The van der Waals surface area contributed by atoms with Gasteiger partial charge in [0.25, 0.3) is 0 Å². The average molecular weight is 401 g/mol. The Bertz CT molecular complexity index is 710. The molecule has 0 unspecified atom stereocenters. The number of morpholine rings is 1. The second-order valence-corrected chi connectivity index (χ2v) is 7.04. The van der Waals surface area contributed by atoms with Gasteiger partial charge in [-0.05, 0) is 29.7 Å². The molecule has 1 aliphatic rings. The lowest BCUT2D eigenvalue weighted by atomic mass is 10.1. The van der Waals surface area contributed by atoms with Crippen LogP contribution in [-0.2, 0) is 29.2 Å². The number of benzene rings is 1. The molecule has 0 aliphatic carbocycles. The lowest BCUT2D eigenvalue weighted by molar-refractivity contribution is 0.0342. The standard InChI is InChI=1S/C22H32N4O3/c1-23-22(24-9-3-12-28-18-21-4-2-13-29-21)25-16-19-5-7-20(8-6-19)17-26-10-14-27-15-11-26/h2,4-8,13H,3,9-12,14-18H2,1H3,(H2,23,24,25). The van der Waals surface area contributed by atoms with Gasteiger partial charge >= 0.3 is 0 Å². The maximum atomic E-state index is 5.58. The highest BCUT2D eigenvalue weighted by Gasteiger charge is 2.10. The summed E-state index contributed by atoms with van der Waals surface area (Å²) in [6.45, 7) is 7.43. The smallest absolute Gasteiger partial charge is 0.191 e. The van der Waals surface area contributed by atoms with Crippen LogP contribution in [0.25, 0.3) is 0 Å². The van der Waals surface area contributed by atoms with E-state index in [9.17, 15) is 0 Å². The van der Waals surface area contributed by atoms with Crippen LogP contribution in [0.3, 0.4) is 0 Å². The first kappa shape index (κ1) is 21.4. The van der Waals surface area contributed by atoms with E-state index < -0.39 is 0 Å². The van der Waals surface area contributed by atoms with E-state index in [0.29, 0.717) is 13.2 Å². The van der Waals surface area contributed by atoms with Crippen molar-refractivity contribution in [1.82, 2.24) is 15.5 Å². The first-order valence-corrected chi connectivity index (χ1v) is 10.3. The third-order valence-electron chi connectivity index (χ3n) is 4.80. The van der Waals surface area contributed by atoms with Gasteiger partial charge in [-0.2, -0.15) is 0 Å². The molecular weight excluding hydrogens is 368 g/mol. The van der Waals surface area contributed by atoms with E-state index in [1.807, 2.05) is 12.1 Å². The molecule has 1 aromatic carbocycles. The second kappa shape index (κ2) is 12.3. The van der Waals surface area contributed by atoms with Gasteiger partial charge in [-0.3, -0.25) is 9.89 Å². The topological polar surface area (TPSA) is 71.3 Å². The van der Waals surface area contributed by atoms with Gasteiger partial charge in [0.2, 0.25) is 0 Å². The maximum absolute atomic E-state index is 5.58. The van der Waals surface area contributed by atoms with Crippen LogP contribution in [0.5, 0.6) is 0 Å². The number of nitrogens with zero attached hydrogens (tertiary/aromatic N) is 2. The van der Waals surface area contributed by atoms with E-state index in [0.717, 1.165) is 64.1 Å². The molecule has 0 spiro atoms. The SMILES string of the molecule is CN=C(NCCCOCc1ccco1)NCc1ccc(CN2CCOCC2)cc1. The van der Waals surface area contributed by atoms with E-state index >= 15 is 0 Å². The third kappa shape index (κ3) is 7.89. The summed E-state index contributed by atoms with van der Waals surface area (Å²) in [4.78, 5) is 6.71. The van der Waals surface area contributed by atoms with Crippen LogP contribution in [0, 0.1) is 0 Å². The minimum Gasteiger partial charge on any atom is -0.467 e. The molecule has 0 saturated carbocycles. The molecule has 29 heavy (non-hydrogen) atoms. The number of furan rings is 1. The van der Waals surface area contributed by atoms with Crippen LogP contribution < -0.4 is 10.6 Å². The summed E-state index contributed by atoms with van der Waals surface area (Å²) in [5.74, 6) is 1.65. The predicted octanol–water partition coefficient (Wildman–Crippen LogP) is 2.38. The molecular formula is C22H32N4O3. The van der Waals surface area contributed by atoms with E-state index in [-0.39, 0.29) is 0 Å². The van der Waals surface area contributed by atoms with Gasteiger partial charge < -0.3 is 24.5 Å². The zero-order valence-electron chi connectivity index (χ0n) is 17.2. The fraction of sp³-hybridized carbons (Fsp3) is 0.500. The van der Waals surface area contributed by atoms with Crippen LogP contribution in [0.4, 0.5) is 0 Å². The normalized spacial score (nSPS) is 15.4. The van der Waals surface area contributed by atoms with Crippen molar-refractivity contribution in [1.29, 1.82) is 0 Å². The van der Waals surface area contributed by atoms with Gasteiger partial charge in [0.1, 0.15) is 12.4 Å². The molecule has 2 aromatic rings. The Morgan fingerprint density at radius 1 is 1.10 bits per heavy atom. The summed E-state index contributed by atoms with van der Waals surface area (Å²) in [7, 11) is 1.79. The van der Waals surface area contributed by atoms with Gasteiger partial charge in [-0.25, -0.2) is 0 Å². The number of hydrogen-bond donors (Lipinski definition) is 2. The Morgan fingerprint density at radius 3 is 2.62 bits per heavy atom. The summed E-state index contributed by atoms with van der Waals surface area (Å²) in [6, 6.07) is 12.6. The molecule has 1 aliphatic heterocycles. The molecule has 1 fully saturated rings. The quantitative estimate of drug-likeness (QED) is 0.363. The third-order valence-corrected chi connectivity index (χ3v) is 4.80. The fourth-order valence-corrected chi connectivity index (χ4v) is 3.13. The van der Waals surface area contributed by atoms with Crippen molar-refractivity contribution in [3.8, 4) is 0 Å². The minimum atomic E-state index is 0.515. The van der Waals surface area contributed by atoms with E-state index in [1.165, 1.54) is 11.1 Å². The summed E-state index contributed by atoms with van der Waals surface area (Å²) in [5, 5.41) is 6.67. The summed E-state index contributed by atoms with van der Waals surface area (Å²) < 4.78 is 16.2. The lowest BCUT2D eigenvalue weighted by Gasteiger charge is -2.26. The number of nitrogens with one attached hydrogen (secondary N) is 2. The zero-order valence-corrected chi connectivity index (χ0v) is 17.2. The molecule has 0 bridgehead atoms. The van der Waals surface area contributed by atoms with E-state index in [4.69, 9.17) is 13.9 Å². The van der Waals surface area contributed by atoms with Crippen LogP contribution in [0.15, 0.2) is 52.1 Å². The molecule has 1 saturated heterocycles. The summed E-state index contributed by atoms with van der Waals surface area (Å²) in [5.41, 5.74) is 2.58. The molecule has 0 amide bonds. The molecule has 3 rings (SSSR count). The number of rotatable bonds is 10. The van der Waals surface area contributed by atoms with Gasteiger partial charge in [0.05, 0.1) is 19.5 Å². The Kier molecular flexibility index (Phi) is 9.03. The van der Waals surface area contributed by atoms with Crippen molar-refractivity contribution >= 4 is 5.96 Å². The number of guanidine groups is 1. The maximum Gasteiger partial charge on any atom is 0.191 e. The molecule has 0 radical (unpaired) electrons. The van der Waals surface area contributed by atoms with Crippen LogP contribution >= 0.6 is 0 Å². The molecule has 2 N–H and O–H groups in total. The Hall–Kier alpha value is -2.35.